The summed E-state index contributed by atoms with van der Waals surface area (Å²) in [5, 5.41) is 9.63. The quantitative estimate of drug-likeness (QED) is 0.179. The van der Waals surface area contributed by atoms with Gasteiger partial charge in [0.15, 0.2) is 11.4 Å². The SMILES string of the molecule is CCOC(=O)c1nn2cc(-c3ccc(C)c(Cl)c3)[nH]c(=O)c2c1COC.COCc1c(C(=O)OC)nn2cc(-c3ccc(C)c(Cl)c3)[nH]c(=O)c12. The van der Waals surface area contributed by atoms with Gasteiger partial charge in [0.1, 0.15) is 11.0 Å². The van der Waals surface area contributed by atoms with E-state index < -0.39 is 11.9 Å². The molecule has 16 heteroatoms. The summed E-state index contributed by atoms with van der Waals surface area (Å²) in [6.07, 6.45) is 3.27. The molecule has 0 radical (unpaired) electrons. The lowest BCUT2D eigenvalue weighted by molar-refractivity contribution is 0.0513. The molecule has 4 heterocycles. The number of halogens is 2. The van der Waals surface area contributed by atoms with Crippen LogP contribution in [0, 0.1) is 13.8 Å². The van der Waals surface area contributed by atoms with Gasteiger partial charge in [-0.15, -0.1) is 0 Å². The fraction of sp³-hybridized carbons (Fsp3) is 0.257. The highest BCUT2D eigenvalue weighted by Gasteiger charge is 2.24. The van der Waals surface area contributed by atoms with Crippen molar-refractivity contribution in [3.05, 3.63) is 113 Å². The zero-order chi connectivity index (χ0) is 37.0. The number of aromatic nitrogens is 6. The van der Waals surface area contributed by atoms with Crippen LogP contribution in [-0.4, -0.2) is 69.1 Å². The van der Waals surface area contributed by atoms with Crippen molar-refractivity contribution in [3.8, 4) is 22.5 Å². The Morgan fingerprint density at radius 3 is 1.53 bits per heavy atom. The van der Waals surface area contributed by atoms with Gasteiger partial charge in [-0.25, -0.2) is 18.6 Å². The zero-order valence-corrected chi connectivity index (χ0v) is 30.1. The molecule has 51 heavy (non-hydrogen) atoms. The van der Waals surface area contributed by atoms with Crippen LogP contribution in [0.3, 0.4) is 0 Å². The monoisotopic (exact) mass is 736 g/mol. The van der Waals surface area contributed by atoms with E-state index in [9.17, 15) is 19.2 Å². The first kappa shape index (κ1) is 37.0. The van der Waals surface area contributed by atoms with Crippen molar-refractivity contribution in [1.82, 2.24) is 29.2 Å². The van der Waals surface area contributed by atoms with Crippen molar-refractivity contribution in [2.24, 2.45) is 0 Å². The molecule has 0 unspecified atom stereocenters. The van der Waals surface area contributed by atoms with Crippen LogP contribution in [0.2, 0.25) is 10.0 Å². The Labute approximate surface area is 300 Å². The Hall–Kier alpha value is -5.28. The van der Waals surface area contributed by atoms with Crippen molar-refractivity contribution in [2.75, 3.05) is 27.9 Å². The summed E-state index contributed by atoms with van der Waals surface area (Å²) in [5.74, 6) is -1.22. The second-order valence-electron chi connectivity index (χ2n) is 11.2. The Morgan fingerprint density at radius 1 is 0.725 bits per heavy atom. The van der Waals surface area contributed by atoms with Crippen molar-refractivity contribution < 1.29 is 28.5 Å². The number of benzene rings is 2. The molecule has 0 saturated heterocycles. The fourth-order valence-corrected chi connectivity index (χ4v) is 5.64. The standard InChI is InChI=1S/C18H18ClN3O4.C17H16ClN3O4/c1-4-26-18(24)15-12(9-25-3)16-17(23)20-14(8-22(16)21-15)11-6-5-10(2)13(19)7-11;1-9-4-5-10(6-12(9)18)13-7-21-15(16(22)19-13)11(8-24-2)14(20-21)17(23)25-3/h5-8H,4,9H2,1-3H3,(H,20,23);4-7H,8H2,1-3H3,(H,19,22). The van der Waals surface area contributed by atoms with Crippen LogP contribution >= 0.6 is 23.2 Å². The minimum Gasteiger partial charge on any atom is -0.464 e. The lowest BCUT2D eigenvalue weighted by Gasteiger charge is -2.05. The first-order chi connectivity index (χ1) is 24.4. The maximum atomic E-state index is 12.7. The van der Waals surface area contributed by atoms with Crippen LogP contribution in [0.15, 0.2) is 58.4 Å². The second kappa shape index (κ2) is 15.7. The third-order valence-corrected chi connectivity index (χ3v) is 8.65. The molecule has 4 aromatic heterocycles. The molecule has 266 valence electrons. The number of hydrogen-bond acceptors (Lipinski definition) is 10. The van der Waals surface area contributed by atoms with E-state index in [1.165, 1.54) is 30.4 Å². The van der Waals surface area contributed by atoms with Gasteiger partial charge in [0, 0.05) is 46.5 Å². The number of esters is 2. The van der Waals surface area contributed by atoms with Gasteiger partial charge >= 0.3 is 11.9 Å². The minimum atomic E-state index is -0.630. The predicted molar refractivity (Wildman–Crippen MR) is 191 cm³/mol. The second-order valence-corrected chi connectivity index (χ2v) is 12.1. The number of aryl methyl sites for hydroxylation is 2. The molecule has 6 aromatic rings. The number of ether oxygens (including phenoxy) is 4. The van der Waals surface area contributed by atoms with E-state index in [0.29, 0.717) is 32.6 Å². The van der Waals surface area contributed by atoms with E-state index in [4.69, 9.17) is 42.1 Å². The zero-order valence-electron chi connectivity index (χ0n) is 28.6. The summed E-state index contributed by atoms with van der Waals surface area (Å²) < 4.78 is 22.7. The van der Waals surface area contributed by atoms with Gasteiger partial charge in [0.2, 0.25) is 0 Å². The van der Waals surface area contributed by atoms with E-state index >= 15 is 0 Å². The Kier molecular flexibility index (Phi) is 11.4. The molecule has 14 nitrogen and oxygen atoms in total. The highest BCUT2D eigenvalue weighted by atomic mass is 35.5. The molecule has 0 aliphatic rings. The minimum absolute atomic E-state index is 0.0499. The van der Waals surface area contributed by atoms with Crippen LogP contribution in [0.5, 0.6) is 0 Å². The number of nitrogens with zero attached hydrogens (tertiary/aromatic N) is 4. The molecule has 2 aromatic carbocycles. The maximum absolute atomic E-state index is 12.7. The van der Waals surface area contributed by atoms with E-state index in [2.05, 4.69) is 20.2 Å². The largest absolute Gasteiger partial charge is 0.464 e. The van der Waals surface area contributed by atoms with Crippen molar-refractivity contribution in [3.63, 3.8) is 0 Å². The Morgan fingerprint density at radius 2 is 1.16 bits per heavy atom. The van der Waals surface area contributed by atoms with Gasteiger partial charge in [-0.2, -0.15) is 10.2 Å². The number of aromatic amines is 2. The fourth-order valence-electron chi connectivity index (χ4n) is 5.28. The van der Waals surface area contributed by atoms with E-state index in [1.54, 1.807) is 31.5 Å². The number of nitrogens with one attached hydrogen (secondary N) is 2. The molecule has 0 fully saturated rings. The van der Waals surface area contributed by atoms with Gasteiger partial charge in [-0.3, -0.25) is 9.59 Å². The van der Waals surface area contributed by atoms with E-state index in [-0.39, 0.29) is 53.4 Å². The predicted octanol–water partition coefficient (Wildman–Crippen LogP) is 5.56. The molecular weight excluding hydrogens is 703 g/mol. The maximum Gasteiger partial charge on any atom is 0.359 e. The molecule has 0 aliphatic carbocycles. The number of hydrogen-bond donors (Lipinski definition) is 2. The van der Waals surface area contributed by atoms with E-state index in [1.807, 2.05) is 38.1 Å². The normalized spacial score (nSPS) is 11.1. The van der Waals surface area contributed by atoms with Crippen molar-refractivity contribution in [1.29, 1.82) is 0 Å². The number of methoxy groups -OCH3 is 3. The van der Waals surface area contributed by atoms with Gasteiger partial charge in [-0.1, -0.05) is 47.5 Å². The molecule has 0 amide bonds. The van der Waals surface area contributed by atoms with Gasteiger partial charge in [0.05, 0.1) is 50.7 Å². The molecule has 0 saturated carbocycles. The summed E-state index contributed by atoms with van der Waals surface area (Å²) in [6, 6.07) is 10.9. The first-order valence-corrected chi connectivity index (χ1v) is 16.2. The third-order valence-electron chi connectivity index (χ3n) is 7.84. The number of carbonyl (C=O) groups is 2. The number of rotatable bonds is 9. The summed E-state index contributed by atoms with van der Waals surface area (Å²) in [6.45, 7) is 5.83. The summed E-state index contributed by atoms with van der Waals surface area (Å²) in [7, 11) is 4.21. The topological polar surface area (TPSA) is 171 Å². The molecule has 0 atom stereocenters. The van der Waals surface area contributed by atoms with Crippen LogP contribution in [0.1, 0.15) is 50.2 Å². The number of H-pyrrole nitrogens is 2. The lowest BCUT2D eigenvalue weighted by atomic mass is 10.1. The smallest absolute Gasteiger partial charge is 0.359 e. The number of carbonyl (C=O) groups excluding carboxylic acids is 2. The summed E-state index contributed by atoms with van der Waals surface area (Å²) in [4.78, 5) is 55.0. The summed E-state index contributed by atoms with van der Waals surface area (Å²) >= 11 is 12.3. The molecule has 2 N–H and O–H groups in total. The first-order valence-electron chi connectivity index (χ1n) is 15.5. The van der Waals surface area contributed by atoms with Crippen LogP contribution in [-0.2, 0) is 32.2 Å². The van der Waals surface area contributed by atoms with Gasteiger partial charge in [0.25, 0.3) is 11.1 Å². The average molecular weight is 738 g/mol. The van der Waals surface area contributed by atoms with Gasteiger partial charge in [-0.05, 0) is 44.0 Å². The van der Waals surface area contributed by atoms with Crippen molar-refractivity contribution in [2.45, 2.75) is 34.0 Å². The Bertz CT molecular complexity index is 2390. The third kappa shape index (κ3) is 7.59. The van der Waals surface area contributed by atoms with Crippen LogP contribution in [0.4, 0.5) is 0 Å². The molecule has 0 bridgehead atoms. The Balaban J connectivity index is 0.000000198. The highest BCUT2D eigenvalue weighted by Crippen LogP contribution is 2.26. The number of fused-ring (bicyclic) bond motifs is 2. The van der Waals surface area contributed by atoms with Gasteiger partial charge < -0.3 is 28.9 Å². The highest BCUT2D eigenvalue weighted by molar-refractivity contribution is 6.32. The van der Waals surface area contributed by atoms with Crippen LogP contribution in [0.25, 0.3) is 33.5 Å². The molecule has 0 spiro atoms. The summed E-state index contributed by atoms with van der Waals surface area (Å²) in [5.41, 5.74) is 5.01. The van der Waals surface area contributed by atoms with Crippen molar-refractivity contribution >= 4 is 46.2 Å². The van der Waals surface area contributed by atoms with E-state index in [0.717, 1.165) is 22.3 Å². The molecule has 0 aliphatic heterocycles. The van der Waals surface area contributed by atoms with Crippen LogP contribution < -0.4 is 11.1 Å². The molecule has 6 rings (SSSR count). The average Bonchev–Trinajstić information content (AvgIpc) is 3.66. The molecular formula is C35H34Cl2N6O8. The lowest BCUT2D eigenvalue weighted by Crippen LogP contribution is -2.13.